The molecule has 1 saturated heterocycles. The number of fused-ring (bicyclic) bond motifs is 1. The molecule has 1 aromatic carbocycles. The second-order valence-corrected chi connectivity index (χ2v) is 7.36. The summed E-state index contributed by atoms with van der Waals surface area (Å²) in [5, 5.41) is 19.9. The molecule has 1 fully saturated rings. The molecule has 5 nitrogen and oxygen atoms in total. The molecule has 2 atom stereocenters. The predicted octanol–water partition coefficient (Wildman–Crippen LogP) is 0.404. The lowest BCUT2D eigenvalue weighted by atomic mass is 10.00. The Labute approximate surface area is 145 Å². The average Bonchev–Trinajstić information content (AvgIpc) is 2.56. The van der Waals surface area contributed by atoms with Gasteiger partial charge in [-0.2, -0.15) is 0 Å². The Morgan fingerprint density at radius 3 is 2.08 bits per heavy atom. The Bertz CT molecular complexity index is 515. The maximum absolute atomic E-state index is 10.5. The third kappa shape index (κ3) is 5.01. The van der Waals surface area contributed by atoms with Gasteiger partial charge in [0.25, 0.3) is 0 Å². The van der Waals surface area contributed by atoms with E-state index < -0.39 is 0 Å². The first kappa shape index (κ1) is 17.8. The summed E-state index contributed by atoms with van der Waals surface area (Å²) in [4.78, 5) is 7.02. The number of rotatable bonds is 6. The van der Waals surface area contributed by atoms with E-state index >= 15 is 0 Å². The van der Waals surface area contributed by atoms with Gasteiger partial charge in [0, 0.05) is 58.9 Å². The van der Waals surface area contributed by atoms with E-state index in [0.29, 0.717) is 0 Å². The molecule has 3 rings (SSSR count). The molecule has 24 heavy (non-hydrogen) atoms. The summed E-state index contributed by atoms with van der Waals surface area (Å²) in [6.45, 7) is 10.0. The number of benzene rings is 1. The van der Waals surface area contributed by atoms with Gasteiger partial charge in [0.2, 0.25) is 0 Å². The predicted molar refractivity (Wildman–Crippen MR) is 96.0 cm³/mol. The zero-order chi connectivity index (χ0) is 16.9. The van der Waals surface area contributed by atoms with Gasteiger partial charge < -0.3 is 10.2 Å². The molecule has 0 saturated carbocycles. The second-order valence-electron chi connectivity index (χ2n) is 7.36. The van der Waals surface area contributed by atoms with Gasteiger partial charge in [-0.25, -0.2) is 0 Å². The third-order valence-electron chi connectivity index (χ3n) is 5.13. The lowest BCUT2D eigenvalue weighted by Crippen LogP contribution is -2.51. The van der Waals surface area contributed by atoms with Crippen molar-refractivity contribution in [2.24, 2.45) is 0 Å². The molecule has 2 aliphatic rings. The van der Waals surface area contributed by atoms with E-state index in [-0.39, 0.29) is 12.2 Å². The molecule has 0 amide bonds. The van der Waals surface area contributed by atoms with Crippen molar-refractivity contribution in [2.75, 3.05) is 52.4 Å². The van der Waals surface area contributed by atoms with Gasteiger partial charge in [0.1, 0.15) is 0 Å². The van der Waals surface area contributed by atoms with Crippen molar-refractivity contribution in [1.82, 2.24) is 14.7 Å². The van der Waals surface area contributed by atoms with E-state index in [0.717, 1.165) is 65.3 Å². The Hall–Kier alpha value is -0.980. The van der Waals surface area contributed by atoms with Crippen molar-refractivity contribution in [3.63, 3.8) is 0 Å². The van der Waals surface area contributed by atoms with Crippen LogP contribution in [-0.2, 0) is 13.0 Å². The summed E-state index contributed by atoms with van der Waals surface area (Å²) in [5.74, 6) is 0. The fourth-order valence-electron chi connectivity index (χ4n) is 3.89. The van der Waals surface area contributed by atoms with Gasteiger partial charge in [-0.1, -0.05) is 24.3 Å². The summed E-state index contributed by atoms with van der Waals surface area (Å²) in [6.07, 6.45) is 0.531. The molecule has 1 aromatic rings. The smallest absolute Gasteiger partial charge is 0.0793 e. The molecule has 2 aliphatic heterocycles. The minimum Gasteiger partial charge on any atom is -0.392 e. The molecule has 0 aromatic heterocycles. The molecule has 134 valence electrons. The van der Waals surface area contributed by atoms with Gasteiger partial charge >= 0.3 is 0 Å². The van der Waals surface area contributed by atoms with E-state index in [2.05, 4.69) is 39.0 Å². The van der Waals surface area contributed by atoms with Gasteiger partial charge in [-0.15, -0.1) is 0 Å². The monoisotopic (exact) mass is 333 g/mol. The normalized spacial score (nSPS) is 23.0. The standard InChI is InChI=1S/C19H31N3O2/c1-16(23)12-20-8-10-21(11-9-20)14-19(24)15-22-7-6-17-4-2-3-5-18(17)13-22/h2-5,16,19,23-24H,6-15H2,1H3/t16-,19+/m1/s1. The van der Waals surface area contributed by atoms with Crippen molar-refractivity contribution < 1.29 is 10.2 Å². The second kappa shape index (κ2) is 8.41. The molecule has 0 bridgehead atoms. The summed E-state index contributed by atoms with van der Waals surface area (Å²) in [5.41, 5.74) is 2.86. The molecule has 2 N–H and O–H groups in total. The van der Waals surface area contributed by atoms with E-state index in [1.54, 1.807) is 0 Å². The van der Waals surface area contributed by atoms with E-state index in [1.807, 2.05) is 6.92 Å². The number of hydrogen-bond acceptors (Lipinski definition) is 5. The van der Waals surface area contributed by atoms with E-state index in [4.69, 9.17) is 0 Å². The molecule has 5 heteroatoms. The van der Waals surface area contributed by atoms with Crippen LogP contribution in [0.15, 0.2) is 24.3 Å². The first-order valence-corrected chi connectivity index (χ1v) is 9.20. The van der Waals surface area contributed by atoms with Crippen LogP contribution in [0.5, 0.6) is 0 Å². The molecule has 0 spiro atoms. The van der Waals surface area contributed by atoms with Crippen LogP contribution in [0.2, 0.25) is 0 Å². The minimum absolute atomic E-state index is 0.260. The topological polar surface area (TPSA) is 50.2 Å². The molecule has 0 unspecified atom stereocenters. The van der Waals surface area contributed by atoms with Crippen LogP contribution in [0, 0.1) is 0 Å². The SMILES string of the molecule is C[C@@H](O)CN1CCN(C[C@H](O)CN2CCc3ccccc3C2)CC1. The van der Waals surface area contributed by atoms with Gasteiger partial charge in [0.15, 0.2) is 0 Å². The maximum atomic E-state index is 10.5. The van der Waals surface area contributed by atoms with Crippen molar-refractivity contribution in [3.05, 3.63) is 35.4 Å². The highest BCUT2D eigenvalue weighted by Crippen LogP contribution is 2.18. The van der Waals surface area contributed by atoms with Crippen molar-refractivity contribution in [3.8, 4) is 0 Å². The number of nitrogens with zero attached hydrogens (tertiary/aromatic N) is 3. The van der Waals surface area contributed by atoms with Crippen LogP contribution >= 0.6 is 0 Å². The van der Waals surface area contributed by atoms with Crippen molar-refractivity contribution >= 4 is 0 Å². The highest BCUT2D eigenvalue weighted by molar-refractivity contribution is 5.29. The summed E-state index contributed by atoms with van der Waals surface area (Å²) in [7, 11) is 0. The molecular formula is C19H31N3O2. The van der Waals surface area contributed by atoms with Crippen LogP contribution < -0.4 is 0 Å². The Morgan fingerprint density at radius 1 is 0.833 bits per heavy atom. The van der Waals surface area contributed by atoms with Gasteiger partial charge in [-0.3, -0.25) is 14.7 Å². The maximum Gasteiger partial charge on any atom is 0.0793 e. The molecule has 0 radical (unpaired) electrons. The zero-order valence-corrected chi connectivity index (χ0v) is 14.8. The minimum atomic E-state index is -0.293. The largest absolute Gasteiger partial charge is 0.392 e. The number of β-amino-alcohol motifs (C(OH)–C–C–N with tert-alkyl or cyclic N) is 2. The Balaban J connectivity index is 1.40. The Kier molecular flexibility index (Phi) is 6.25. The number of aliphatic hydroxyl groups excluding tert-OH is 2. The summed E-state index contributed by atoms with van der Waals surface area (Å²) in [6, 6.07) is 8.64. The van der Waals surface area contributed by atoms with Crippen molar-refractivity contribution in [1.29, 1.82) is 0 Å². The lowest BCUT2D eigenvalue weighted by Gasteiger charge is -2.37. The zero-order valence-electron chi connectivity index (χ0n) is 14.8. The van der Waals surface area contributed by atoms with Crippen molar-refractivity contribution in [2.45, 2.75) is 32.1 Å². The van der Waals surface area contributed by atoms with Crippen LogP contribution in [-0.4, -0.2) is 89.5 Å². The van der Waals surface area contributed by atoms with Gasteiger partial charge in [-0.05, 0) is 24.5 Å². The average molecular weight is 333 g/mol. The van der Waals surface area contributed by atoms with Gasteiger partial charge in [0.05, 0.1) is 12.2 Å². The highest BCUT2D eigenvalue weighted by Gasteiger charge is 2.22. The summed E-state index contributed by atoms with van der Waals surface area (Å²) < 4.78 is 0. The van der Waals surface area contributed by atoms with E-state index in [1.165, 1.54) is 11.1 Å². The quantitative estimate of drug-likeness (QED) is 0.789. The fourth-order valence-corrected chi connectivity index (χ4v) is 3.89. The Morgan fingerprint density at radius 2 is 1.42 bits per heavy atom. The lowest BCUT2D eigenvalue weighted by molar-refractivity contribution is 0.0369. The van der Waals surface area contributed by atoms with Crippen LogP contribution in [0.1, 0.15) is 18.1 Å². The number of hydrogen-bond donors (Lipinski definition) is 2. The first-order valence-electron chi connectivity index (χ1n) is 9.20. The third-order valence-corrected chi connectivity index (χ3v) is 5.13. The van der Waals surface area contributed by atoms with E-state index in [9.17, 15) is 10.2 Å². The number of aliphatic hydroxyl groups is 2. The molecule has 0 aliphatic carbocycles. The molecular weight excluding hydrogens is 302 g/mol. The van der Waals surface area contributed by atoms with Crippen LogP contribution in [0.4, 0.5) is 0 Å². The fraction of sp³-hybridized carbons (Fsp3) is 0.684. The molecule has 2 heterocycles. The van der Waals surface area contributed by atoms with Crippen LogP contribution in [0.25, 0.3) is 0 Å². The van der Waals surface area contributed by atoms with Crippen LogP contribution in [0.3, 0.4) is 0 Å². The first-order chi connectivity index (χ1) is 11.6. The summed E-state index contributed by atoms with van der Waals surface area (Å²) >= 11 is 0. The number of piperazine rings is 1. The highest BCUT2D eigenvalue weighted by atomic mass is 16.3.